The van der Waals surface area contributed by atoms with Gasteiger partial charge in [-0.15, -0.1) is 0 Å². The minimum atomic E-state index is 0.368. The second kappa shape index (κ2) is 4.72. The van der Waals surface area contributed by atoms with Crippen LogP contribution in [0.15, 0.2) is 40.9 Å². The summed E-state index contributed by atoms with van der Waals surface area (Å²) < 4.78 is 5.41. The molecule has 0 aliphatic carbocycles. The number of benzene rings is 1. The molecule has 0 amide bonds. The third-order valence-electron chi connectivity index (χ3n) is 3.21. The largest absolute Gasteiger partial charge is 0.359 e. The molecule has 2 aromatic rings. The van der Waals surface area contributed by atoms with Gasteiger partial charge in [0.1, 0.15) is 0 Å². The first kappa shape index (κ1) is 10.5. The molecule has 0 spiro atoms. The van der Waals surface area contributed by atoms with Gasteiger partial charge in [0.25, 0.3) is 0 Å². The fourth-order valence-electron chi connectivity index (χ4n) is 2.31. The molecule has 1 saturated heterocycles. The lowest BCUT2D eigenvalue weighted by molar-refractivity contribution is 0.348. The highest BCUT2D eigenvalue weighted by Gasteiger charge is 2.20. The zero-order chi connectivity index (χ0) is 11.5. The zero-order valence-electron chi connectivity index (χ0n) is 9.73. The van der Waals surface area contributed by atoms with Gasteiger partial charge in [0.15, 0.2) is 5.76 Å². The Kier molecular flexibility index (Phi) is 2.92. The van der Waals surface area contributed by atoms with E-state index in [0.717, 1.165) is 30.8 Å². The lowest BCUT2D eigenvalue weighted by Gasteiger charge is -2.02. The maximum absolute atomic E-state index is 5.41. The van der Waals surface area contributed by atoms with E-state index in [1.807, 2.05) is 6.07 Å². The van der Waals surface area contributed by atoms with E-state index in [4.69, 9.17) is 4.52 Å². The number of aromatic nitrogens is 1. The average Bonchev–Trinajstić information content (AvgIpc) is 3.00. The van der Waals surface area contributed by atoms with Crippen molar-refractivity contribution in [2.45, 2.75) is 25.3 Å². The molecule has 0 bridgehead atoms. The van der Waals surface area contributed by atoms with Gasteiger partial charge in [0, 0.05) is 12.5 Å². The van der Waals surface area contributed by atoms with Crippen molar-refractivity contribution in [1.82, 2.24) is 10.5 Å². The van der Waals surface area contributed by atoms with Crippen molar-refractivity contribution in [2.75, 3.05) is 6.54 Å². The van der Waals surface area contributed by atoms with Gasteiger partial charge >= 0.3 is 0 Å². The summed E-state index contributed by atoms with van der Waals surface area (Å²) in [4.78, 5) is 0. The second-order valence-corrected chi connectivity index (χ2v) is 4.53. The highest BCUT2D eigenvalue weighted by molar-refractivity contribution is 5.22. The Morgan fingerprint density at radius 1 is 1.29 bits per heavy atom. The summed E-state index contributed by atoms with van der Waals surface area (Å²) in [7, 11) is 0. The lowest BCUT2D eigenvalue weighted by atomic mass is 10.1. The summed E-state index contributed by atoms with van der Waals surface area (Å²) >= 11 is 0. The topological polar surface area (TPSA) is 38.1 Å². The SMILES string of the molecule is c1ccc(Cc2cc([C@H]3CCCN3)on2)cc1. The summed E-state index contributed by atoms with van der Waals surface area (Å²) in [6.45, 7) is 1.08. The molecular formula is C14H16N2O. The number of hydrogen-bond donors (Lipinski definition) is 1. The van der Waals surface area contributed by atoms with Crippen LogP contribution in [0.1, 0.15) is 35.9 Å². The number of nitrogens with zero attached hydrogens (tertiary/aromatic N) is 1. The van der Waals surface area contributed by atoms with Crippen LogP contribution in [0.2, 0.25) is 0 Å². The van der Waals surface area contributed by atoms with Crippen LogP contribution in [0.5, 0.6) is 0 Å². The third kappa shape index (κ3) is 2.39. The summed E-state index contributed by atoms with van der Waals surface area (Å²) in [5.41, 5.74) is 2.28. The van der Waals surface area contributed by atoms with Gasteiger partial charge in [-0.25, -0.2) is 0 Å². The molecule has 0 unspecified atom stereocenters. The molecule has 1 aliphatic heterocycles. The molecule has 1 aliphatic rings. The Morgan fingerprint density at radius 2 is 2.18 bits per heavy atom. The van der Waals surface area contributed by atoms with E-state index in [-0.39, 0.29) is 0 Å². The quantitative estimate of drug-likeness (QED) is 0.877. The van der Waals surface area contributed by atoms with Crippen molar-refractivity contribution in [3.05, 3.63) is 53.4 Å². The molecule has 1 aromatic carbocycles. The van der Waals surface area contributed by atoms with Gasteiger partial charge in [-0.3, -0.25) is 0 Å². The molecule has 88 valence electrons. The van der Waals surface area contributed by atoms with Gasteiger partial charge in [0.05, 0.1) is 11.7 Å². The smallest absolute Gasteiger partial charge is 0.153 e. The Hall–Kier alpha value is -1.61. The lowest BCUT2D eigenvalue weighted by Crippen LogP contribution is -2.11. The number of hydrogen-bond acceptors (Lipinski definition) is 3. The second-order valence-electron chi connectivity index (χ2n) is 4.53. The van der Waals surface area contributed by atoms with Gasteiger partial charge in [-0.05, 0) is 24.9 Å². The fraction of sp³-hybridized carbons (Fsp3) is 0.357. The van der Waals surface area contributed by atoms with Crippen LogP contribution in [0, 0.1) is 0 Å². The predicted molar refractivity (Wildman–Crippen MR) is 65.7 cm³/mol. The van der Waals surface area contributed by atoms with Crippen molar-refractivity contribution >= 4 is 0 Å². The van der Waals surface area contributed by atoms with Crippen LogP contribution in [-0.4, -0.2) is 11.7 Å². The normalized spacial score (nSPS) is 19.6. The molecule has 3 heteroatoms. The molecule has 1 fully saturated rings. The molecule has 0 radical (unpaired) electrons. The van der Waals surface area contributed by atoms with Gasteiger partial charge in [0.2, 0.25) is 0 Å². The van der Waals surface area contributed by atoms with E-state index < -0.39 is 0 Å². The van der Waals surface area contributed by atoms with Crippen molar-refractivity contribution in [2.24, 2.45) is 0 Å². The molecule has 2 heterocycles. The van der Waals surface area contributed by atoms with Crippen molar-refractivity contribution in [3.63, 3.8) is 0 Å². The third-order valence-corrected chi connectivity index (χ3v) is 3.21. The molecule has 1 N–H and O–H groups in total. The minimum Gasteiger partial charge on any atom is -0.359 e. The predicted octanol–water partition coefficient (Wildman–Crippen LogP) is 2.69. The van der Waals surface area contributed by atoms with E-state index in [9.17, 15) is 0 Å². The summed E-state index contributed by atoms with van der Waals surface area (Å²) in [6.07, 6.45) is 3.22. The van der Waals surface area contributed by atoms with Crippen LogP contribution in [0.25, 0.3) is 0 Å². The van der Waals surface area contributed by atoms with Crippen molar-refractivity contribution in [3.8, 4) is 0 Å². The first-order chi connectivity index (χ1) is 8.42. The van der Waals surface area contributed by atoms with Crippen LogP contribution in [-0.2, 0) is 6.42 Å². The van der Waals surface area contributed by atoms with E-state index in [1.54, 1.807) is 0 Å². The standard InChI is InChI=1S/C14H16N2O/c1-2-5-11(6-3-1)9-12-10-14(17-16-12)13-7-4-8-15-13/h1-3,5-6,10,13,15H,4,7-9H2/t13-/m1/s1. The summed E-state index contributed by atoms with van der Waals surface area (Å²) in [6, 6.07) is 12.8. The Bertz CT molecular complexity index is 472. The van der Waals surface area contributed by atoms with Gasteiger partial charge in [-0.2, -0.15) is 0 Å². The Morgan fingerprint density at radius 3 is 2.94 bits per heavy atom. The van der Waals surface area contributed by atoms with Gasteiger partial charge < -0.3 is 9.84 Å². The maximum Gasteiger partial charge on any atom is 0.153 e. The van der Waals surface area contributed by atoms with Crippen LogP contribution >= 0.6 is 0 Å². The molecule has 0 saturated carbocycles. The number of nitrogens with one attached hydrogen (secondary N) is 1. The van der Waals surface area contributed by atoms with Crippen molar-refractivity contribution < 1.29 is 4.52 Å². The highest BCUT2D eigenvalue weighted by Crippen LogP contribution is 2.24. The summed E-state index contributed by atoms with van der Waals surface area (Å²) in [5.74, 6) is 0.980. The summed E-state index contributed by atoms with van der Waals surface area (Å²) in [5, 5.41) is 7.56. The first-order valence-electron chi connectivity index (χ1n) is 6.14. The molecule has 1 atom stereocenters. The molecular weight excluding hydrogens is 212 g/mol. The van der Waals surface area contributed by atoms with Crippen LogP contribution < -0.4 is 5.32 Å². The minimum absolute atomic E-state index is 0.368. The zero-order valence-corrected chi connectivity index (χ0v) is 9.73. The van der Waals surface area contributed by atoms with Crippen molar-refractivity contribution in [1.29, 1.82) is 0 Å². The molecule has 1 aromatic heterocycles. The highest BCUT2D eigenvalue weighted by atomic mass is 16.5. The monoisotopic (exact) mass is 228 g/mol. The maximum atomic E-state index is 5.41. The molecule has 3 nitrogen and oxygen atoms in total. The van der Waals surface area contributed by atoms with Crippen LogP contribution in [0.3, 0.4) is 0 Å². The van der Waals surface area contributed by atoms with Crippen LogP contribution in [0.4, 0.5) is 0 Å². The molecule has 17 heavy (non-hydrogen) atoms. The van der Waals surface area contributed by atoms with E-state index in [2.05, 4.69) is 40.8 Å². The van der Waals surface area contributed by atoms with E-state index >= 15 is 0 Å². The Labute approximate surface area is 101 Å². The average molecular weight is 228 g/mol. The first-order valence-corrected chi connectivity index (χ1v) is 6.14. The molecule has 3 rings (SSSR count). The van der Waals surface area contributed by atoms with Gasteiger partial charge in [-0.1, -0.05) is 35.5 Å². The van der Waals surface area contributed by atoms with E-state index in [1.165, 1.54) is 12.0 Å². The van der Waals surface area contributed by atoms with E-state index in [0.29, 0.717) is 6.04 Å². The number of rotatable bonds is 3. The fourth-order valence-corrected chi connectivity index (χ4v) is 2.31. The Balaban J connectivity index is 1.72.